The van der Waals surface area contributed by atoms with Crippen LogP contribution in [0.4, 0.5) is 0 Å². The molecule has 0 aromatic rings. The van der Waals surface area contributed by atoms with E-state index in [1.807, 2.05) is 34.1 Å². The lowest BCUT2D eigenvalue weighted by Crippen LogP contribution is -2.44. The zero-order valence-corrected chi connectivity index (χ0v) is 23.2. The van der Waals surface area contributed by atoms with Crippen molar-refractivity contribution < 1.29 is 18.5 Å². The van der Waals surface area contributed by atoms with Crippen molar-refractivity contribution in [2.24, 2.45) is 0 Å². The zero-order valence-electron chi connectivity index (χ0n) is 22.3. The van der Waals surface area contributed by atoms with Crippen molar-refractivity contribution in [3.05, 3.63) is 12.3 Å². The topological polar surface area (TPSA) is 46.5 Å². The summed E-state index contributed by atoms with van der Waals surface area (Å²) < 4.78 is 18.1. The molecule has 0 rings (SSSR count). The van der Waals surface area contributed by atoms with Crippen molar-refractivity contribution in [3.8, 4) is 0 Å². The molecule has 0 radical (unpaired) electrons. The van der Waals surface area contributed by atoms with Crippen LogP contribution in [0.25, 0.3) is 0 Å². The molecule has 0 aromatic carbocycles. The molecule has 0 heterocycles. The molecule has 0 aromatic heterocycles. The predicted molar refractivity (Wildman–Crippen MR) is 141 cm³/mol. The Balaban J connectivity index is 3.47. The summed E-state index contributed by atoms with van der Waals surface area (Å²) in [5.74, 6) is -0.396. The highest BCUT2D eigenvalue weighted by Crippen LogP contribution is 2.51. The van der Waals surface area contributed by atoms with Crippen LogP contribution in [0.2, 0.25) is 0 Å². The van der Waals surface area contributed by atoms with Gasteiger partial charge in [-0.05, 0) is 18.9 Å². The Labute approximate surface area is 201 Å². The minimum Gasteiger partial charge on any atom is -0.429 e. The Bertz CT molecular complexity index is 488. The third kappa shape index (κ3) is 18.2. The molecule has 0 aliphatic rings. The first-order valence-corrected chi connectivity index (χ1v) is 15.4. The molecular formula is C27H57NO3P+. The van der Waals surface area contributed by atoms with E-state index < -0.39 is 13.4 Å². The molecule has 0 aliphatic carbocycles. The molecule has 1 N–H and O–H groups in total. The molecule has 4 nitrogen and oxygen atoms in total. The Kier molecular flexibility index (Phi) is 19.9. The maximum Gasteiger partial charge on any atom is 0.433 e. The maximum absolute atomic E-state index is 12.5. The molecule has 32 heavy (non-hydrogen) atoms. The highest BCUT2D eigenvalue weighted by atomic mass is 31.2. The first-order chi connectivity index (χ1) is 15.3. The number of rotatable bonds is 23. The average Bonchev–Trinajstić information content (AvgIpc) is 2.71. The van der Waals surface area contributed by atoms with Gasteiger partial charge in [0.2, 0.25) is 5.78 Å². The summed E-state index contributed by atoms with van der Waals surface area (Å²) in [5.41, 5.74) is 0. The summed E-state index contributed by atoms with van der Waals surface area (Å²) >= 11 is 0. The summed E-state index contributed by atoms with van der Waals surface area (Å²) in [4.78, 5) is 10.2. The average molecular weight is 475 g/mol. The fourth-order valence-electron chi connectivity index (χ4n) is 4.47. The summed E-state index contributed by atoms with van der Waals surface area (Å²) in [6, 6.07) is 0. The maximum atomic E-state index is 12.5. The normalized spacial score (nSPS) is 15.2. The number of hydrogen-bond acceptors (Lipinski definition) is 2. The van der Waals surface area contributed by atoms with Crippen LogP contribution in [0.3, 0.4) is 0 Å². The third-order valence-electron chi connectivity index (χ3n) is 6.42. The molecule has 192 valence electrons. The first-order valence-electron chi connectivity index (χ1n) is 13.7. The van der Waals surface area contributed by atoms with Gasteiger partial charge in [-0.2, -0.15) is 0 Å². The minimum atomic E-state index is -3.63. The molecule has 0 bridgehead atoms. The Morgan fingerprint density at radius 2 is 1.09 bits per heavy atom. The van der Waals surface area contributed by atoms with Gasteiger partial charge in [0.15, 0.2) is 0 Å². The molecule has 0 aliphatic heterocycles. The molecule has 0 saturated carbocycles. The van der Waals surface area contributed by atoms with Crippen LogP contribution in [-0.2, 0) is 9.09 Å². The molecule has 0 saturated heterocycles. The van der Waals surface area contributed by atoms with Gasteiger partial charge in [0.25, 0.3) is 0 Å². The smallest absolute Gasteiger partial charge is 0.429 e. The SMILES string of the molecule is CCCCCCCCCCCCCCCCCCCC=COP(=O)(O)C(CC)[N+](C)(C)C. The molecular weight excluding hydrogens is 417 g/mol. The second-order valence-electron chi connectivity index (χ2n) is 10.5. The van der Waals surface area contributed by atoms with E-state index in [-0.39, 0.29) is 0 Å². The lowest BCUT2D eigenvalue weighted by Gasteiger charge is -2.34. The third-order valence-corrected chi connectivity index (χ3v) is 8.65. The summed E-state index contributed by atoms with van der Waals surface area (Å²) in [5, 5.41) is 0. The number of nitrogens with zero attached hydrogens (tertiary/aromatic N) is 1. The van der Waals surface area contributed by atoms with Gasteiger partial charge in [-0.15, -0.1) is 0 Å². The highest BCUT2D eigenvalue weighted by Gasteiger charge is 2.41. The van der Waals surface area contributed by atoms with Gasteiger partial charge in [0, 0.05) is 6.42 Å². The van der Waals surface area contributed by atoms with E-state index >= 15 is 0 Å². The fraction of sp³-hybridized carbons (Fsp3) is 0.926. The van der Waals surface area contributed by atoms with Crippen LogP contribution < -0.4 is 0 Å². The van der Waals surface area contributed by atoms with Crippen LogP contribution in [0.5, 0.6) is 0 Å². The first kappa shape index (κ1) is 31.7. The second-order valence-corrected chi connectivity index (χ2v) is 12.4. The van der Waals surface area contributed by atoms with E-state index in [4.69, 9.17) is 4.52 Å². The van der Waals surface area contributed by atoms with Gasteiger partial charge < -0.3 is 13.9 Å². The van der Waals surface area contributed by atoms with E-state index in [0.717, 1.165) is 12.8 Å². The van der Waals surface area contributed by atoms with Crippen LogP contribution in [-0.4, -0.2) is 36.3 Å². The molecule has 2 atom stereocenters. The van der Waals surface area contributed by atoms with E-state index in [1.54, 1.807) is 0 Å². The largest absolute Gasteiger partial charge is 0.433 e. The predicted octanol–water partition coefficient (Wildman–Crippen LogP) is 9.19. The minimum absolute atomic E-state index is 0.396. The van der Waals surface area contributed by atoms with Crippen molar-refractivity contribution in [1.82, 2.24) is 0 Å². The Morgan fingerprint density at radius 1 is 0.719 bits per heavy atom. The van der Waals surface area contributed by atoms with Crippen molar-refractivity contribution in [2.75, 3.05) is 21.1 Å². The lowest BCUT2D eigenvalue weighted by molar-refractivity contribution is -0.883. The monoisotopic (exact) mass is 474 g/mol. The van der Waals surface area contributed by atoms with Gasteiger partial charge in [0.1, 0.15) is 0 Å². The summed E-state index contributed by atoms with van der Waals surface area (Å²) in [6.07, 6.45) is 28.3. The van der Waals surface area contributed by atoms with Gasteiger partial charge in [0.05, 0.1) is 27.4 Å². The van der Waals surface area contributed by atoms with Crippen molar-refractivity contribution in [2.45, 2.75) is 142 Å². The van der Waals surface area contributed by atoms with Crippen molar-refractivity contribution in [1.29, 1.82) is 0 Å². The zero-order chi connectivity index (χ0) is 24.1. The van der Waals surface area contributed by atoms with Crippen molar-refractivity contribution in [3.63, 3.8) is 0 Å². The summed E-state index contributed by atoms with van der Waals surface area (Å²) in [7, 11) is 2.16. The molecule has 2 unspecified atom stereocenters. The molecule has 0 spiro atoms. The Hall–Kier alpha value is -0.310. The van der Waals surface area contributed by atoms with E-state index in [2.05, 4.69) is 6.92 Å². The number of hydrogen-bond donors (Lipinski definition) is 1. The quantitative estimate of drug-likeness (QED) is 0.0695. The molecule has 5 heteroatoms. The van der Waals surface area contributed by atoms with Crippen LogP contribution in [0, 0.1) is 0 Å². The summed E-state index contributed by atoms with van der Waals surface area (Å²) in [6.45, 7) is 4.22. The molecule has 0 fully saturated rings. The van der Waals surface area contributed by atoms with Crippen LogP contribution in [0.15, 0.2) is 12.3 Å². The van der Waals surface area contributed by atoms with E-state index in [1.165, 1.54) is 109 Å². The van der Waals surface area contributed by atoms with Gasteiger partial charge in [-0.1, -0.05) is 117 Å². The standard InChI is InChI=1S/C27H56NO3P/c1-6-8-9-10-11-12-13-14-15-16-17-18-19-20-21-22-23-24-25-26-31-32(29,30)27(7-2)28(3,4)5/h25-27H,6-24H2,1-5H3/p+1. The number of unbranched alkanes of at least 4 members (excludes halogenated alkanes) is 17. The Morgan fingerprint density at radius 3 is 1.44 bits per heavy atom. The number of allylic oxidation sites excluding steroid dienone is 1. The fourth-order valence-corrected chi connectivity index (χ4v) is 6.21. The van der Waals surface area contributed by atoms with Gasteiger partial charge in [-0.25, -0.2) is 4.57 Å². The van der Waals surface area contributed by atoms with E-state index in [0.29, 0.717) is 10.9 Å². The molecule has 0 amide bonds. The van der Waals surface area contributed by atoms with Crippen LogP contribution >= 0.6 is 7.60 Å². The number of quaternary nitrogens is 1. The van der Waals surface area contributed by atoms with Gasteiger partial charge >= 0.3 is 7.60 Å². The van der Waals surface area contributed by atoms with E-state index in [9.17, 15) is 9.46 Å². The van der Waals surface area contributed by atoms with Gasteiger partial charge in [-0.3, -0.25) is 0 Å². The lowest BCUT2D eigenvalue weighted by atomic mass is 10.0. The van der Waals surface area contributed by atoms with Crippen LogP contribution in [0.1, 0.15) is 136 Å². The second kappa shape index (κ2) is 20.1. The van der Waals surface area contributed by atoms with Crippen molar-refractivity contribution >= 4 is 7.60 Å². The highest BCUT2D eigenvalue weighted by molar-refractivity contribution is 7.53.